The topological polar surface area (TPSA) is 80.5 Å². The van der Waals surface area contributed by atoms with Gasteiger partial charge in [0.15, 0.2) is 0 Å². The summed E-state index contributed by atoms with van der Waals surface area (Å²) in [5.41, 5.74) is 1.90. The van der Waals surface area contributed by atoms with E-state index in [0.29, 0.717) is 18.1 Å². The van der Waals surface area contributed by atoms with Gasteiger partial charge < -0.3 is 25.4 Å². The van der Waals surface area contributed by atoms with Crippen molar-refractivity contribution in [2.75, 3.05) is 20.1 Å². The first kappa shape index (κ1) is 18.9. The smallest absolute Gasteiger partial charge is 0.318 e. The van der Waals surface area contributed by atoms with E-state index in [1.807, 2.05) is 29.2 Å². The van der Waals surface area contributed by atoms with Gasteiger partial charge in [-0.15, -0.1) is 0 Å². The highest BCUT2D eigenvalue weighted by Gasteiger charge is 2.39. The van der Waals surface area contributed by atoms with Crippen molar-refractivity contribution in [2.24, 2.45) is 0 Å². The van der Waals surface area contributed by atoms with Crippen molar-refractivity contribution in [1.29, 1.82) is 0 Å². The van der Waals surface area contributed by atoms with Crippen LogP contribution in [-0.2, 0) is 6.54 Å². The lowest BCUT2D eigenvalue weighted by Gasteiger charge is -2.39. The number of aromatic nitrogens is 1. The van der Waals surface area contributed by atoms with Crippen LogP contribution >= 0.6 is 11.6 Å². The first-order valence-corrected chi connectivity index (χ1v) is 10.2. The first-order valence-electron chi connectivity index (χ1n) is 9.85. The lowest BCUT2D eigenvalue weighted by molar-refractivity contribution is 0.116. The number of nitrogens with one attached hydrogen (secondary N) is 3. The molecule has 2 heterocycles. The minimum absolute atomic E-state index is 0.0528. The van der Waals surface area contributed by atoms with Crippen molar-refractivity contribution < 1.29 is 9.59 Å². The maximum Gasteiger partial charge on any atom is 0.318 e. The summed E-state index contributed by atoms with van der Waals surface area (Å²) in [7, 11) is 1.64. The molecule has 4 amide bonds. The van der Waals surface area contributed by atoms with Gasteiger partial charge in [0.2, 0.25) is 0 Å². The number of likely N-dealkylation sites (tertiary alicyclic amines) is 1. The zero-order valence-corrected chi connectivity index (χ0v) is 16.8. The van der Waals surface area contributed by atoms with E-state index in [1.54, 1.807) is 11.9 Å². The Labute approximate surface area is 169 Å². The molecule has 0 radical (unpaired) electrons. The summed E-state index contributed by atoms with van der Waals surface area (Å²) in [5.74, 6) is 0. The Hall–Kier alpha value is -2.41. The van der Waals surface area contributed by atoms with Crippen LogP contribution < -0.4 is 10.6 Å². The number of aromatic amines is 1. The molecule has 3 N–H and O–H groups in total. The van der Waals surface area contributed by atoms with Gasteiger partial charge in [0, 0.05) is 42.4 Å². The van der Waals surface area contributed by atoms with E-state index < -0.39 is 0 Å². The van der Waals surface area contributed by atoms with Gasteiger partial charge in [0.1, 0.15) is 0 Å². The van der Waals surface area contributed by atoms with E-state index in [2.05, 4.69) is 15.6 Å². The van der Waals surface area contributed by atoms with E-state index in [1.165, 1.54) is 0 Å². The summed E-state index contributed by atoms with van der Waals surface area (Å²) in [6.45, 7) is 1.77. The van der Waals surface area contributed by atoms with Crippen molar-refractivity contribution in [2.45, 2.75) is 44.3 Å². The number of carbonyl (C=O) groups excluding carboxylic acids is 2. The van der Waals surface area contributed by atoms with Gasteiger partial charge in [-0.1, -0.05) is 17.7 Å². The number of hydrogen-bond donors (Lipinski definition) is 3. The molecule has 2 aromatic rings. The van der Waals surface area contributed by atoms with Gasteiger partial charge >= 0.3 is 12.1 Å². The number of hydrogen-bond acceptors (Lipinski definition) is 2. The zero-order valence-electron chi connectivity index (χ0n) is 16.0. The SMILES string of the molecule is CNC(=O)N1CCC[C@@H](N(C(=O)NCc2cc3ccc(Cl)cc3[nH]2)C2CC2)C1. The van der Waals surface area contributed by atoms with Gasteiger partial charge in [-0.05, 0) is 49.3 Å². The second-order valence-corrected chi connectivity index (χ2v) is 8.06. The van der Waals surface area contributed by atoms with Crippen molar-refractivity contribution in [3.63, 3.8) is 0 Å². The highest BCUT2D eigenvalue weighted by molar-refractivity contribution is 6.31. The van der Waals surface area contributed by atoms with Gasteiger partial charge in [-0.25, -0.2) is 9.59 Å². The van der Waals surface area contributed by atoms with Gasteiger partial charge in [-0.2, -0.15) is 0 Å². The Balaban J connectivity index is 1.41. The van der Waals surface area contributed by atoms with Gasteiger partial charge in [0.25, 0.3) is 0 Å². The van der Waals surface area contributed by atoms with E-state index in [0.717, 1.165) is 48.8 Å². The van der Waals surface area contributed by atoms with E-state index >= 15 is 0 Å². The number of amides is 4. The maximum atomic E-state index is 13.0. The molecule has 4 rings (SSSR count). The minimum Gasteiger partial charge on any atom is -0.357 e. The molecule has 0 unspecified atom stereocenters. The van der Waals surface area contributed by atoms with E-state index in [-0.39, 0.29) is 24.1 Å². The highest BCUT2D eigenvalue weighted by atomic mass is 35.5. The number of nitrogens with zero attached hydrogens (tertiary/aromatic N) is 2. The van der Waals surface area contributed by atoms with Crippen LogP contribution in [0.4, 0.5) is 9.59 Å². The number of carbonyl (C=O) groups is 2. The summed E-state index contributed by atoms with van der Waals surface area (Å²) in [4.78, 5) is 32.0. The average Bonchev–Trinajstić information content (AvgIpc) is 3.44. The van der Waals surface area contributed by atoms with Crippen LogP contribution in [-0.4, -0.2) is 59.1 Å². The Kier molecular flexibility index (Phi) is 5.35. The van der Waals surface area contributed by atoms with Crippen LogP contribution in [0, 0.1) is 0 Å². The molecule has 8 heteroatoms. The number of halogens is 1. The fraction of sp³-hybridized carbons (Fsp3) is 0.500. The zero-order chi connectivity index (χ0) is 19.7. The summed E-state index contributed by atoms with van der Waals surface area (Å²) < 4.78 is 0. The second kappa shape index (κ2) is 7.91. The summed E-state index contributed by atoms with van der Waals surface area (Å²) in [6, 6.07) is 7.97. The average molecular weight is 404 g/mol. The molecular weight excluding hydrogens is 378 g/mol. The number of piperidine rings is 1. The Bertz CT molecular complexity index is 879. The van der Waals surface area contributed by atoms with E-state index in [4.69, 9.17) is 11.6 Å². The lowest BCUT2D eigenvalue weighted by Crippen LogP contribution is -2.56. The molecule has 1 aliphatic carbocycles. The molecule has 150 valence electrons. The summed E-state index contributed by atoms with van der Waals surface area (Å²) in [5, 5.41) is 7.49. The van der Waals surface area contributed by atoms with E-state index in [9.17, 15) is 9.59 Å². The Morgan fingerprint density at radius 1 is 1.25 bits per heavy atom. The number of urea groups is 2. The Morgan fingerprint density at radius 3 is 2.82 bits per heavy atom. The minimum atomic E-state index is -0.0717. The molecule has 7 nitrogen and oxygen atoms in total. The summed E-state index contributed by atoms with van der Waals surface area (Å²) >= 11 is 6.04. The molecule has 2 fully saturated rings. The molecule has 1 saturated heterocycles. The number of H-pyrrole nitrogens is 1. The molecule has 1 atom stereocenters. The van der Waals surface area contributed by atoms with Crippen LogP contribution in [0.25, 0.3) is 10.9 Å². The molecule has 1 saturated carbocycles. The third kappa shape index (κ3) is 4.04. The number of fused-ring (bicyclic) bond motifs is 1. The van der Waals surface area contributed by atoms with Crippen molar-refractivity contribution in [3.05, 3.63) is 35.0 Å². The molecule has 2 aliphatic rings. The molecule has 28 heavy (non-hydrogen) atoms. The molecule has 1 aliphatic heterocycles. The van der Waals surface area contributed by atoms with Crippen LogP contribution in [0.2, 0.25) is 5.02 Å². The fourth-order valence-electron chi connectivity index (χ4n) is 4.02. The third-order valence-corrected chi connectivity index (χ3v) is 5.77. The quantitative estimate of drug-likeness (QED) is 0.732. The molecule has 1 aromatic carbocycles. The molecular formula is C20H26ClN5O2. The number of rotatable bonds is 4. The van der Waals surface area contributed by atoms with Crippen LogP contribution in [0.5, 0.6) is 0 Å². The maximum absolute atomic E-state index is 13.0. The van der Waals surface area contributed by atoms with Gasteiger partial charge in [0.05, 0.1) is 12.6 Å². The highest BCUT2D eigenvalue weighted by Crippen LogP contribution is 2.31. The predicted molar refractivity (Wildman–Crippen MR) is 109 cm³/mol. The second-order valence-electron chi connectivity index (χ2n) is 7.62. The van der Waals surface area contributed by atoms with Crippen LogP contribution in [0.3, 0.4) is 0 Å². The van der Waals surface area contributed by atoms with Crippen LogP contribution in [0.15, 0.2) is 24.3 Å². The molecule has 0 bridgehead atoms. The van der Waals surface area contributed by atoms with Crippen molar-refractivity contribution in [3.8, 4) is 0 Å². The fourth-order valence-corrected chi connectivity index (χ4v) is 4.20. The first-order chi connectivity index (χ1) is 13.5. The van der Waals surface area contributed by atoms with Crippen LogP contribution in [0.1, 0.15) is 31.4 Å². The normalized spacial score (nSPS) is 19.5. The van der Waals surface area contributed by atoms with Crippen molar-refractivity contribution >= 4 is 34.6 Å². The third-order valence-electron chi connectivity index (χ3n) is 5.54. The monoisotopic (exact) mass is 403 g/mol. The molecule has 1 aromatic heterocycles. The Morgan fingerprint density at radius 2 is 2.07 bits per heavy atom. The number of benzene rings is 1. The summed E-state index contributed by atoms with van der Waals surface area (Å²) in [6.07, 6.45) is 3.92. The lowest BCUT2D eigenvalue weighted by atomic mass is 10.0. The van der Waals surface area contributed by atoms with Crippen molar-refractivity contribution in [1.82, 2.24) is 25.4 Å². The van der Waals surface area contributed by atoms with Gasteiger partial charge in [-0.3, -0.25) is 0 Å². The predicted octanol–water partition coefficient (Wildman–Crippen LogP) is 3.30. The standard InChI is InChI=1S/C20H26ClN5O2/c1-22-19(27)25-8-2-3-17(12-25)26(16-6-7-16)20(28)23-11-15-9-13-4-5-14(21)10-18(13)24-15/h4-5,9-10,16-17,24H,2-3,6-8,11-12H2,1H3,(H,22,27)(H,23,28)/t17-/m1/s1. The largest absolute Gasteiger partial charge is 0.357 e. The molecule has 0 spiro atoms.